The molecule has 0 spiro atoms. The van der Waals surface area contributed by atoms with E-state index in [1.165, 1.54) is 12.8 Å². The Bertz CT molecular complexity index is 290. The summed E-state index contributed by atoms with van der Waals surface area (Å²) in [5, 5.41) is 2.93. The first-order valence-electron chi connectivity index (χ1n) is 6.72. The molecular weight excluding hydrogens is 216 g/mol. The van der Waals surface area contributed by atoms with Crippen molar-refractivity contribution in [3.63, 3.8) is 0 Å². The fourth-order valence-corrected chi connectivity index (χ4v) is 2.96. The lowest BCUT2D eigenvalue weighted by atomic mass is 10.0. The second-order valence-corrected chi connectivity index (χ2v) is 5.28. The molecule has 0 bridgehead atoms. The third-order valence-corrected chi connectivity index (χ3v) is 3.92. The molecule has 0 aromatic heterocycles. The smallest absolute Gasteiger partial charge is 0.225 e. The van der Waals surface area contributed by atoms with Gasteiger partial charge in [0.25, 0.3) is 0 Å². The molecule has 1 aliphatic carbocycles. The number of nitrogens with zero attached hydrogens (tertiary/aromatic N) is 1. The summed E-state index contributed by atoms with van der Waals surface area (Å²) in [5.74, 6) is 0.668. The Balaban J connectivity index is 1.78. The standard InChI is InChI=1S/C13H22N2O2/c1-10(16)14-12-6-8-15(9-7-12)13(17)11-4-2-3-5-11/h11-12H,2-9H2,1H3,(H,14,16). The molecule has 0 aromatic rings. The highest BCUT2D eigenvalue weighted by molar-refractivity contribution is 5.79. The van der Waals surface area contributed by atoms with Crippen LogP contribution in [0.4, 0.5) is 0 Å². The van der Waals surface area contributed by atoms with Crippen LogP contribution in [0.3, 0.4) is 0 Å². The Morgan fingerprint density at radius 3 is 2.18 bits per heavy atom. The highest BCUT2D eigenvalue weighted by Gasteiger charge is 2.29. The molecule has 17 heavy (non-hydrogen) atoms. The number of hydrogen-bond acceptors (Lipinski definition) is 2. The van der Waals surface area contributed by atoms with Gasteiger partial charge in [-0.15, -0.1) is 0 Å². The molecule has 1 aliphatic heterocycles. The molecule has 2 amide bonds. The third kappa shape index (κ3) is 3.20. The van der Waals surface area contributed by atoms with Gasteiger partial charge >= 0.3 is 0 Å². The molecule has 0 radical (unpaired) electrons. The van der Waals surface area contributed by atoms with Crippen molar-refractivity contribution in [3.8, 4) is 0 Å². The number of rotatable bonds is 2. The zero-order chi connectivity index (χ0) is 12.3. The van der Waals surface area contributed by atoms with Crippen LogP contribution in [0, 0.1) is 5.92 Å². The highest BCUT2D eigenvalue weighted by atomic mass is 16.2. The van der Waals surface area contributed by atoms with Gasteiger partial charge in [0, 0.05) is 32.0 Å². The molecule has 1 heterocycles. The van der Waals surface area contributed by atoms with Crippen LogP contribution in [0.2, 0.25) is 0 Å². The van der Waals surface area contributed by atoms with Crippen molar-refractivity contribution in [1.82, 2.24) is 10.2 Å². The Morgan fingerprint density at radius 1 is 1.06 bits per heavy atom. The highest BCUT2D eigenvalue weighted by Crippen LogP contribution is 2.27. The van der Waals surface area contributed by atoms with Crippen molar-refractivity contribution in [3.05, 3.63) is 0 Å². The first-order valence-corrected chi connectivity index (χ1v) is 6.72. The van der Waals surface area contributed by atoms with Crippen LogP contribution in [0.5, 0.6) is 0 Å². The maximum Gasteiger partial charge on any atom is 0.225 e. The number of hydrogen-bond donors (Lipinski definition) is 1. The van der Waals surface area contributed by atoms with E-state index in [1.807, 2.05) is 4.90 Å². The summed E-state index contributed by atoms with van der Waals surface area (Å²) in [6, 6.07) is 0.264. The van der Waals surface area contributed by atoms with Gasteiger partial charge in [-0.2, -0.15) is 0 Å². The second-order valence-electron chi connectivity index (χ2n) is 5.28. The van der Waals surface area contributed by atoms with Crippen LogP contribution in [0.15, 0.2) is 0 Å². The minimum absolute atomic E-state index is 0.0329. The van der Waals surface area contributed by atoms with Crippen molar-refractivity contribution in [2.75, 3.05) is 13.1 Å². The number of piperidine rings is 1. The maximum atomic E-state index is 12.2. The Morgan fingerprint density at radius 2 is 1.65 bits per heavy atom. The minimum Gasteiger partial charge on any atom is -0.353 e. The molecule has 4 nitrogen and oxygen atoms in total. The second kappa shape index (κ2) is 5.52. The van der Waals surface area contributed by atoms with Gasteiger partial charge in [0.15, 0.2) is 0 Å². The van der Waals surface area contributed by atoms with Crippen molar-refractivity contribution >= 4 is 11.8 Å². The molecule has 2 rings (SSSR count). The molecule has 2 fully saturated rings. The fraction of sp³-hybridized carbons (Fsp3) is 0.846. The first kappa shape index (κ1) is 12.4. The molecule has 0 atom stereocenters. The largest absolute Gasteiger partial charge is 0.353 e. The van der Waals surface area contributed by atoms with E-state index in [9.17, 15) is 9.59 Å². The summed E-state index contributed by atoms with van der Waals surface area (Å²) in [7, 11) is 0. The zero-order valence-corrected chi connectivity index (χ0v) is 10.6. The normalized spacial score (nSPS) is 22.8. The van der Waals surface area contributed by atoms with Crippen molar-refractivity contribution in [2.24, 2.45) is 5.92 Å². The summed E-state index contributed by atoms with van der Waals surface area (Å²) < 4.78 is 0. The average Bonchev–Trinajstić information content (AvgIpc) is 2.82. The summed E-state index contributed by atoms with van der Waals surface area (Å²) in [5.41, 5.74) is 0. The van der Waals surface area contributed by atoms with Crippen molar-refractivity contribution < 1.29 is 9.59 Å². The Kier molecular flexibility index (Phi) is 4.02. The third-order valence-electron chi connectivity index (χ3n) is 3.92. The molecule has 1 saturated heterocycles. The predicted octanol–water partition coefficient (Wildman–Crippen LogP) is 1.30. The summed E-state index contributed by atoms with van der Waals surface area (Å²) >= 11 is 0. The van der Waals surface area contributed by atoms with Crippen molar-refractivity contribution in [2.45, 2.75) is 51.5 Å². The van der Waals surface area contributed by atoms with Gasteiger partial charge in [0.1, 0.15) is 0 Å². The summed E-state index contributed by atoms with van der Waals surface area (Å²) in [6.07, 6.45) is 6.36. The van der Waals surface area contributed by atoms with Crippen LogP contribution in [0.1, 0.15) is 45.4 Å². The molecule has 1 saturated carbocycles. The van der Waals surface area contributed by atoms with Gasteiger partial charge in [0.2, 0.25) is 11.8 Å². The number of carbonyl (C=O) groups excluding carboxylic acids is 2. The van der Waals surface area contributed by atoms with E-state index in [4.69, 9.17) is 0 Å². The maximum absolute atomic E-state index is 12.2. The van der Waals surface area contributed by atoms with E-state index >= 15 is 0 Å². The zero-order valence-electron chi connectivity index (χ0n) is 10.6. The van der Waals surface area contributed by atoms with Crippen LogP contribution in [-0.4, -0.2) is 35.8 Å². The lowest BCUT2D eigenvalue weighted by Crippen LogP contribution is -2.47. The Hall–Kier alpha value is -1.06. The molecule has 1 N–H and O–H groups in total. The van der Waals surface area contributed by atoms with Crippen LogP contribution in [-0.2, 0) is 9.59 Å². The molecule has 0 aromatic carbocycles. The predicted molar refractivity (Wildman–Crippen MR) is 65.4 cm³/mol. The van der Waals surface area contributed by atoms with E-state index in [1.54, 1.807) is 6.92 Å². The molecular formula is C13H22N2O2. The molecule has 4 heteroatoms. The quantitative estimate of drug-likeness (QED) is 0.788. The van der Waals surface area contributed by atoms with Gasteiger partial charge < -0.3 is 10.2 Å². The monoisotopic (exact) mass is 238 g/mol. The number of likely N-dealkylation sites (tertiary alicyclic amines) is 1. The summed E-state index contributed by atoms with van der Waals surface area (Å²) in [6.45, 7) is 3.16. The van der Waals surface area contributed by atoms with Crippen LogP contribution < -0.4 is 5.32 Å². The number of nitrogens with one attached hydrogen (secondary N) is 1. The number of amides is 2. The van der Waals surface area contributed by atoms with Gasteiger partial charge in [-0.25, -0.2) is 0 Å². The van der Waals surface area contributed by atoms with E-state index < -0.39 is 0 Å². The van der Waals surface area contributed by atoms with Gasteiger partial charge in [0.05, 0.1) is 0 Å². The lowest BCUT2D eigenvalue weighted by Gasteiger charge is -2.33. The minimum atomic E-state index is 0.0329. The fourth-order valence-electron chi connectivity index (χ4n) is 2.96. The summed E-state index contributed by atoms with van der Waals surface area (Å²) in [4.78, 5) is 25.1. The number of carbonyl (C=O) groups is 2. The lowest BCUT2D eigenvalue weighted by molar-refractivity contribution is -0.136. The van der Waals surface area contributed by atoms with E-state index in [2.05, 4.69) is 5.32 Å². The van der Waals surface area contributed by atoms with Gasteiger partial charge in [-0.3, -0.25) is 9.59 Å². The SMILES string of the molecule is CC(=O)NC1CCN(C(=O)C2CCCC2)CC1. The van der Waals surface area contributed by atoms with Crippen molar-refractivity contribution in [1.29, 1.82) is 0 Å². The van der Waals surface area contributed by atoms with E-state index in [-0.39, 0.29) is 17.9 Å². The van der Waals surface area contributed by atoms with Gasteiger partial charge in [-0.05, 0) is 25.7 Å². The van der Waals surface area contributed by atoms with Gasteiger partial charge in [-0.1, -0.05) is 12.8 Å². The topological polar surface area (TPSA) is 49.4 Å². The van der Waals surface area contributed by atoms with Crippen LogP contribution in [0.25, 0.3) is 0 Å². The first-order chi connectivity index (χ1) is 8.16. The molecule has 2 aliphatic rings. The molecule has 0 unspecified atom stereocenters. The van der Waals surface area contributed by atoms with E-state index in [0.29, 0.717) is 5.91 Å². The van der Waals surface area contributed by atoms with E-state index in [0.717, 1.165) is 38.8 Å². The molecule has 96 valence electrons. The van der Waals surface area contributed by atoms with Crippen LogP contribution >= 0.6 is 0 Å². The average molecular weight is 238 g/mol. The Labute approximate surface area is 103 Å².